The zero-order valence-electron chi connectivity index (χ0n) is 14.0. The minimum absolute atomic E-state index is 0.567. The average molecular weight is 345 g/mol. The van der Waals surface area contributed by atoms with Gasteiger partial charge in [-0.3, -0.25) is 0 Å². The summed E-state index contributed by atoms with van der Waals surface area (Å²) in [5.41, 5.74) is 2.29. The molecule has 4 rings (SSSR count). The lowest BCUT2D eigenvalue weighted by atomic mass is 10.2. The van der Waals surface area contributed by atoms with Crippen LogP contribution in [0.2, 0.25) is 5.02 Å². The van der Waals surface area contributed by atoms with Crippen LogP contribution in [0.15, 0.2) is 12.4 Å². The van der Waals surface area contributed by atoms with Crippen LogP contribution in [0.1, 0.15) is 35.8 Å². The molecule has 0 bridgehead atoms. The largest absolute Gasteiger partial charge is 0.353 e. The third-order valence-electron chi connectivity index (χ3n) is 4.79. The Labute approximate surface area is 146 Å². The Morgan fingerprint density at radius 2 is 1.58 bits per heavy atom. The van der Waals surface area contributed by atoms with Crippen molar-refractivity contribution >= 4 is 23.4 Å². The van der Waals surface area contributed by atoms with Gasteiger partial charge in [0.1, 0.15) is 11.6 Å². The van der Waals surface area contributed by atoms with Crippen molar-refractivity contribution in [3.05, 3.63) is 34.5 Å². The Morgan fingerprint density at radius 1 is 0.958 bits per heavy atom. The van der Waals surface area contributed by atoms with Gasteiger partial charge in [0.05, 0.1) is 17.4 Å². The minimum Gasteiger partial charge on any atom is -0.353 e. The van der Waals surface area contributed by atoms with Gasteiger partial charge in [-0.05, 0) is 26.7 Å². The molecule has 0 aromatic carbocycles. The Kier molecular flexibility index (Phi) is 4.00. The quantitative estimate of drug-likeness (QED) is 0.853. The fraction of sp³-hybridized carbons (Fsp3) is 0.529. The lowest BCUT2D eigenvalue weighted by molar-refractivity contribution is 0.630. The Morgan fingerprint density at radius 3 is 2.21 bits per heavy atom. The van der Waals surface area contributed by atoms with Crippen LogP contribution in [-0.2, 0) is 0 Å². The Balaban J connectivity index is 1.50. The maximum atomic E-state index is 5.87. The second-order valence-electron chi connectivity index (χ2n) is 6.57. The van der Waals surface area contributed by atoms with Gasteiger partial charge in [-0.2, -0.15) is 0 Å². The monoisotopic (exact) mass is 344 g/mol. The van der Waals surface area contributed by atoms with E-state index in [9.17, 15) is 0 Å². The fourth-order valence-electron chi connectivity index (χ4n) is 3.05. The highest BCUT2D eigenvalue weighted by atomic mass is 35.5. The van der Waals surface area contributed by atoms with Gasteiger partial charge in [-0.1, -0.05) is 11.6 Å². The first kappa shape index (κ1) is 15.6. The molecule has 0 N–H and O–H groups in total. The summed E-state index contributed by atoms with van der Waals surface area (Å²) in [6.07, 6.45) is 5.75. The maximum Gasteiger partial charge on any atom is 0.225 e. The van der Waals surface area contributed by atoms with Crippen molar-refractivity contribution in [2.45, 2.75) is 32.6 Å². The number of aryl methyl sites for hydroxylation is 1. The molecule has 0 unspecified atom stereocenters. The van der Waals surface area contributed by atoms with Gasteiger partial charge in [0.2, 0.25) is 5.95 Å². The molecule has 126 valence electrons. The number of hydrogen-bond acceptors (Lipinski definition) is 6. The van der Waals surface area contributed by atoms with Gasteiger partial charge in [-0.25, -0.2) is 19.9 Å². The van der Waals surface area contributed by atoms with E-state index in [0.29, 0.717) is 10.9 Å². The molecule has 1 aliphatic carbocycles. The molecule has 2 aliphatic rings. The summed E-state index contributed by atoms with van der Waals surface area (Å²) in [6, 6.07) is 0. The third kappa shape index (κ3) is 3.02. The van der Waals surface area contributed by atoms with Gasteiger partial charge in [0.15, 0.2) is 0 Å². The highest BCUT2D eigenvalue weighted by Gasteiger charge is 2.29. The van der Waals surface area contributed by atoms with Gasteiger partial charge < -0.3 is 9.80 Å². The molecule has 1 aliphatic heterocycles. The van der Waals surface area contributed by atoms with Crippen LogP contribution < -0.4 is 9.80 Å². The van der Waals surface area contributed by atoms with Crippen molar-refractivity contribution in [2.75, 3.05) is 36.0 Å². The number of aromatic nitrogens is 4. The average Bonchev–Trinajstić information content (AvgIpc) is 3.43. The number of nitrogens with zero attached hydrogens (tertiary/aromatic N) is 6. The molecule has 2 aromatic rings. The zero-order chi connectivity index (χ0) is 16.7. The van der Waals surface area contributed by atoms with E-state index in [-0.39, 0.29) is 0 Å². The maximum absolute atomic E-state index is 5.87. The van der Waals surface area contributed by atoms with Gasteiger partial charge in [-0.15, -0.1) is 0 Å². The van der Waals surface area contributed by atoms with Crippen molar-refractivity contribution in [1.82, 2.24) is 19.9 Å². The predicted octanol–water partition coefficient (Wildman–Crippen LogP) is 2.74. The number of piperazine rings is 1. The van der Waals surface area contributed by atoms with Crippen molar-refractivity contribution in [3.63, 3.8) is 0 Å². The molecular weight excluding hydrogens is 324 g/mol. The highest BCUT2D eigenvalue weighted by molar-refractivity contribution is 6.30. The molecule has 6 nitrogen and oxygen atoms in total. The van der Waals surface area contributed by atoms with E-state index in [1.807, 2.05) is 0 Å². The smallest absolute Gasteiger partial charge is 0.225 e. The molecule has 0 amide bonds. The summed E-state index contributed by atoms with van der Waals surface area (Å²) >= 11 is 5.87. The lowest BCUT2D eigenvalue weighted by Gasteiger charge is -2.36. The zero-order valence-corrected chi connectivity index (χ0v) is 14.8. The first-order chi connectivity index (χ1) is 11.6. The van der Waals surface area contributed by atoms with Crippen LogP contribution in [0.25, 0.3) is 0 Å². The molecule has 0 atom stereocenters. The van der Waals surface area contributed by atoms with Crippen LogP contribution >= 0.6 is 11.6 Å². The molecule has 0 spiro atoms. The van der Waals surface area contributed by atoms with Crippen LogP contribution in [0.4, 0.5) is 11.8 Å². The summed E-state index contributed by atoms with van der Waals surface area (Å²) in [4.78, 5) is 22.7. The molecule has 0 radical (unpaired) electrons. The van der Waals surface area contributed by atoms with E-state index in [1.165, 1.54) is 18.4 Å². The lowest BCUT2D eigenvalue weighted by Crippen LogP contribution is -2.47. The topological polar surface area (TPSA) is 58.0 Å². The molecule has 3 heterocycles. The molecule has 1 saturated carbocycles. The van der Waals surface area contributed by atoms with E-state index < -0.39 is 0 Å². The van der Waals surface area contributed by atoms with Crippen LogP contribution in [0.5, 0.6) is 0 Å². The van der Waals surface area contributed by atoms with Crippen LogP contribution in [-0.4, -0.2) is 46.1 Å². The SMILES string of the molecule is Cc1nc(C2CC2)nc(N2CCN(c3ncc(Cl)cn3)CC2)c1C. The van der Waals surface area contributed by atoms with E-state index in [1.54, 1.807) is 12.4 Å². The molecule has 24 heavy (non-hydrogen) atoms. The first-order valence-electron chi connectivity index (χ1n) is 8.44. The number of hydrogen-bond donors (Lipinski definition) is 0. The summed E-state index contributed by atoms with van der Waals surface area (Å²) in [7, 11) is 0. The van der Waals surface area contributed by atoms with E-state index in [4.69, 9.17) is 16.6 Å². The normalized spacial score (nSPS) is 18.1. The molecule has 1 saturated heterocycles. The van der Waals surface area contributed by atoms with Gasteiger partial charge in [0.25, 0.3) is 0 Å². The molecular formula is C17H21ClN6. The number of halogens is 1. The summed E-state index contributed by atoms with van der Waals surface area (Å²) in [5.74, 6) is 3.44. The van der Waals surface area contributed by atoms with Crippen LogP contribution in [0, 0.1) is 13.8 Å². The fourth-order valence-corrected chi connectivity index (χ4v) is 3.15. The summed E-state index contributed by atoms with van der Waals surface area (Å²) < 4.78 is 0. The molecule has 2 aromatic heterocycles. The Bertz CT molecular complexity index is 735. The number of anilines is 2. The van der Waals surface area contributed by atoms with Crippen molar-refractivity contribution in [2.24, 2.45) is 0 Å². The first-order valence-corrected chi connectivity index (χ1v) is 8.82. The van der Waals surface area contributed by atoms with Crippen molar-refractivity contribution in [3.8, 4) is 0 Å². The number of rotatable bonds is 3. The van der Waals surface area contributed by atoms with E-state index >= 15 is 0 Å². The predicted molar refractivity (Wildman–Crippen MR) is 94.9 cm³/mol. The van der Waals surface area contributed by atoms with Gasteiger partial charge in [0, 0.05) is 43.4 Å². The van der Waals surface area contributed by atoms with Crippen molar-refractivity contribution < 1.29 is 0 Å². The minimum atomic E-state index is 0.567. The van der Waals surface area contributed by atoms with E-state index in [2.05, 4.69) is 38.6 Å². The third-order valence-corrected chi connectivity index (χ3v) is 4.99. The summed E-state index contributed by atoms with van der Waals surface area (Å²) in [6.45, 7) is 7.78. The second kappa shape index (κ2) is 6.16. The van der Waals surface area contributed by atoms with E-state index in [0.717, 1.165) is 49.5 Å². The standard InChI is InChI=1S/C17H21ClN6/c1-11-12(2)21-15(13-3-4-13)22-16(11)23-5-7-24(8-6-23)17-19-9-14(18)10-20-17/h9-10,13H,3-8H2,1-2H3. The Hall–Kier alpha value is -1.95. The molecule has 7 heteroatoms. The van der Waals surface area contributed by atoms with Crippen LogP contribution in [0.3, 0.4) is 0 Å². The summed E-state index contributed by atoms with van der Waals surface area (Å²) in [5, 5.41) is 0.567. The van der Waals surface area contributed by atoms with Gasteiger partial charge >= 0.3 is 0 Å². The second-order valence-corrected chi connectivity index (χ2v) is 7.00. The van der Waals surface area contributed by atoms with Crippen molar-refractivity contribution in [1.29, 1.82) is 0 Å². The molecule has 2 fully saturated rings. The highest BCUT2D eigenvalue weighted by Crippen LogP contribution is 2.39.